The summed E-state index contributed by atoms with van der Waals surface area (Å²) in [5, 5.41) is 23.0. The van der Waals surface area contributed by atoms with Gasteiger partial charge in [0.15, 0.2) is 5.69 Å². The molecule has 194 valence electrons. The van der Waals surface area contributed by atoms with E-state index in [-0.39, 0.29) is 0 Å². The molecule has 7 rings (SSSR count). The number of hydrogen-bond donors (Lipinski definition) is 2. The lowest BCUT2D eigenvalue weighted by atomic mass is 10.0. The van der Waals surface area contributed by atoms with Gasteiger partial charge in [-0.25, -0.2) is 4.98 Å². The first-order valence-corrected chi connectivity index (χ1v) is 13.4. The highest BCUT2D eigenvalue weighted by Gasteiger charge is 2.29. The van der Waals surface area contributed by atoms with Gasteiger partial charge in [0.05, 0.1) is 24.2 Å². The maximum Gasteiger partial charge on any atom is 0.204 e. The number of H-pyrrole nitrogens is 1. The van der Waals surface area contributed by atoms with Crippen LogP contribution in [0, 0.1) is 0 Å². The summed E-state index contributed by atoms with van der Waals surface area (Å²) in [7, 11) is 0. The summed E-state index contributed by atoms with van der Waals surface area (Å²) in [4.78, 5) is 9.95. The number of rotatable bonds is 6. The number of fused-ring (bicyclic) bond motifs is 1. The largest absolute Gasteiger partial charge is 0.366 e. The Hall–Kier alpha value is -4.63. The molecule has 9 nitrogen and oxygen atoms in total. The van der Waals surface area contributed by atoms with Crippen molar-refractivity contribution in [3.8, 4) is 34.0 Å². The van der Waals surface area contributed by atoms with Crippen LogP contribution in [0.3, 0.4) is 0 Å². The zero-order valence-electron chi connectivity index (χ0n) is 21.5. The summed E-state index contributed by atoms with van der Waals surface area (Å²) in [5.74, 6) is 0.446. The third-order valence-corrected chi connectivity index (χ3v) is 7.66. The second-order valence-electron chi connectivity index (χ2n) is 10.1. The molecule has 0 spiro atoms. The molecule has 0 radical (unpaired) electrons. The molecule has 9 heteroatoms. The van der Waals surface area contributed by atoms with Gasteiger partial charge in [-0.1, -0.05) is 66.7 Å². The third-order valence-electron chi connectivity index (χ3n) is 7.66. The fourth-order valence-electron chi connectivity index (χ4n) is 5.61. The molecule has 2 aromatic heterocycles. The van der Waals surface area contributed by atoms with Crippen molar-refractivity contribution >= 4 is 11.4 Å². The van der Waals surface area contributed by atoms with E-state index in [1.807, 2.05) is 30.3 Å². The molecule has 2 aliphatic rings. The number of aromatic nitrogens is 6. The molecule has 0 unspecified atom stereocenters. The minimum absolute atomic E-state index is 0.446. The van der Waals surface area contributed by atoms with Crippen molar-refractivity contribution in [2.24, 2.45) is 0 Å². The molecule has 2 aliphatic heterocycles. The molecule has 2 N–H and O–H groups in total. The first-order chi connectivity index (χ1) is 19.3. The lowest BCUT2D eigenvalue weighted by Gasteiger charge is -2.37. The number of likely N-dealkylation sites (tertiary alicyclic amines) is 1. The van der Waals surface area contributed by atoms with Gasteiger partial charge >= 0.3 is 0 Å². The van der Waals surface area contributed by atoms with Crippen LogP contribution in [-0.2, 0) is 6.54 Å². The number of hydrogen-bond acceptors (Lipinski definition) is 8. The van der Waals surface area contributed by atoms with Gasteiger partial charge in [0.1, 0.15) is 11.4 Å². The van der Waals surface area contributed by atoms with Crippen molar-refractivity contribution in [2.45, 2.75) is 25.4 Å². The maximum absolute atomic E-state index is 4.85. The van der Waals surface area contributed by atoms with Crippen molar-refractivity contribution in [1.29, 1.82) is 0 Å². The smallest absolute Gasteiger partial charge is 0.204 e. The number of anilines is 2. The van der Waals surface area contributed by atoms with Crippen LogP contribution in [0.2, 0.25) is 0 Å². The Morgan fingerprint density at radius 3 is 2.36 bits per heavy atom. The average Bonchev–Trinajstić information content (AvgIpc) is 3.69. The van der Waals surface area contributed by atoms with E-state index in [0.29, 0.717) is 17.6 Å². The fourth-order valence-corrected chi connectivity index (χ4v) is 5.61. The lowest BCUT2D eigenvalue weighted by molar-refractivity contribution is 0.202. The van der Waals surface area contributed by atoms with E-state index in [1.165, 1.54) is 29.8 Å². The molecule has 0 amide bonds. The third kappa shape index (κ3) is 4.72. The van der Waals surface area contributed by atoms with Crippen molar-refractivity contribution in [2.75, 3.05) is 30.0 Å². The standard InChI is InChI=1S/C30H29N9/c1-2-6-22(7-3-1)29-28(33-30(36-35-29)26-18-32-37-34-26)23-12-10-21(11-13-23)19-38-16-14-24(15-17-38)39-20-31-25-8-4-5-9-27(25)39/h1-13,18,24,31H,14-17,19-20H2,(H,32,34,37). The molecular weight excluding hydrogens is 486 g/mol. The monoisotopic (exact) mass is 515 g/mol. The topological polar surface area (TPSA) is 98.7 Å². The second kappa shape index (κ2) is 10.3. The van der Waals surface area contributed by atoms with Gasteiger partial charge in [0.25, 0.3) is 0 Å². The first kappa shape index (κ1) is 23.5. The van der Waals surface area contributed by atoms with Gasteiger partial charge in [-0.05, 0) is 30.5 Å². The zero-order valence-corrected chi connectivity index (χ0v) is 21.5. The van der Waals surface area contributed by atoms with E-state index in [1.54, 1.807) is 6.20 Å². The van der Waals surface area contributed by atoms with Crippen molar-refractivity contribution < 1.29 is 0 Å². The molecule has 1 fully saturated rings. The highest BCUT2D eigenvalue weighted by atomic mass is 15.3. The Bertz CT molecular complexity index is 1540. The summed E-state index contributed by atoms with van der Waals surface area (Å²) >= 11 is 0. The minimum Gasteiger partial charge on any atom is -0.366 e. The SMILES string of the molecule is c1ccc(-c2nnc(-c3cn[nH]n3)nc2-c2ccc(CN3CCC(N4CNc5ccccc54)CC3)cc2)cc1. The number of benzene rings is 3. The number of nitrogens with one attached hydrogen (secondary N) is 2. The zero-order chi connectivity index (χ0) is 26.0. The first-order valence-electron chi connectivity index (χ1n) is 13.4. The molecule has 0 aliphatic carbocycles. The van der Waals surface area contributed by atoms with E-state index in [4.69, 9.17) is 4.98 Å². The second-order valence-corrected chi connectivity index (χ2v) is 10.1. The number of para-hydroxylation sites is 2. The van der Waals surface area contributed by atoms with Gasteiger partial charge in [0.2, 0.25) is 5.82 Å². The van der Waals surface area contributed by atoms with Gasteiger partial charge in [-0.3, -0.25) is 4.90 Å². The molecule has 4 heterocycles. The van der Waals surface area contributed by atoms with E-state index in [2.05, 4.69) is 89.3 Å². The molecule has 39 heavy (non-hydrogen) atoms. The quantitative estimate of drug-likeness (QED) is 0.331. The minimum atomic E-state index is 0.446. The van der Waals surface area contributed by atoms with E-state index < -0.39 is 0 Å². The summed E-state index contributed by atoms with van der Waals surface area (Å²) in [5.41, 5.74) is 7.95. The normalized spacial score (nSPS) is 15.7. The Kier molecular flexibility index (Phi) is 6.18. The summed E-state index contributed by atoms with van der Waals surface area (Å²) in [6.45, 7) is 4.05. The Balaban J connectivity index is 1.07. The van der Waals surface area contributed by atoms with Crippen LogP contribution in [-0.4, -0.2) is 61.3 Å². The fraction of sp³-hybridized carbons (Fsp3) is 0.233. The van der Waals surface area contributed by atoms with Crippen LogP contribution < -0.4 is 10.2 Å². The Morgan fingerprint density at radius 2 is 1.56 bits per heavy atom. The molecular formula is C30H29N9. The van der Waals surface area contributed by atoms with Gasteiger partial charge in [-0.15, -0.1) is 10.2 Å². The molecule has 0 atom stereocenters. The average molecular weight is 516 g/mol. The molecule has 0 bridgehead atoms. The highest BCUT2D eigenvalue weighted by Crippen LogP contribution is 2.35. The van der Waals surface area contributed by atoms with Gasteiger partial charge < -0.3 is 10.2 Å². The van der Waals surface area contributed by atoms with Gasteiger partial charge in [0, 0.05) is 36.8 Å². The van der Waals surface area contributed by atoms with Crippen LogP contribution in [0.4, 0.5) is 11.4 Å². The molecule has 5 aromatic rings. The van der Waals surface area contributed by atoms with Crippen LogP contribution in [0.5, 0.6) is 0 Å². The predicted molar refractivity (Wildman–Crippen MR) is 152 cm³/mol. The number of piperidine rings is 1. The highest BCUT2D eigenvalue weighted by molar-refractivity contribution is 5.78. The van der Waals surface area contributed by atoms with Crippen molar-refractivity contribution in [3.63, 3.8) is 0 Å². The van der Waals surface area contributed by atoms with E-state index in [9.17, 15) is 0 Å². The van der Waals surface area contributed by atoms with Crippen molar-refractivity contribution in [3.05, 3.63) is 90.6 Å². The summed E-state index contributed by atoms with van der Waals surface area (Å²) in [6, 6.07) is 27.9. The molecule has 1 saturated heterocycles. The van der Waals surface area contributed by atoms with Crippen LogP contribution in [0.15, 0.2) is 85.1 Å². The Labute approximate surface area is 226 Å². The summed E-state index contributed by atoms with van der Waals surface area (Å²) < 4.78 is 0. The number of nitrogens with zero attached hydrogens (tertiary/aromatic N) is 7. The van der Waals surface area contributed by atoms with Gasteiger partial charge in [-0.2, -0.15) is 15.4 Å². The number of aromatic amines is 1. The van der Waals surface area contributed by atoms with Crippen LogP contribution >= 0.6 is 0 Å². The van der Waals surface area contributed by atoms with E-state index in [0.717, 1.165) is 48.8 Å². The maximum atomic E-state index is 4.85. The lowest BCUT2D eigenvalue weighted by Crippen LogP contribution is -2.44. The van der Waals surface area contributed by atoms with Crippen molar-refractivity contribution in [1.82, 2.24) is 35.5 Å². The molecule has 3 aromatic carbocycles. The van der Waals surface area contributed by atoms with Crippen LogP contribution in [0.1, 0.15) is 18.4 Å². The molecule has 0 saturated carbocycles. The Morgan fingerprint density at radius 1 is 0.795 bits per heavy atom. The summed E-state index contributed by atoms with van der Waals surface area (Å²) in [6.07, 6.45) is 3.95. The van der Waals surface area contributed by atoms with E-state index >= 15 is 0 Å². The van der Waals surface area contributed by atoms with Crippen LogP contribution in [0.25, 0.3) is 34.0 Å². The predicted octanol–water partition coefficient (Wildman–Crippen LogP) is 4.84.